The van der Waals surface area contributed by atoms with Crippen molar-refractivity contribution in [2.75, 3.05) is 0 Å². The Labute approximate surface area is 119 Å². The van der Waals surface area contributed by atoms with Gasteiger partial charge in [-0.3, -0.25) is 4.79 Å². The molecule has 0 aromatic carbocycles. The first-order chi connectivity index (χ1) is 9.18. The zero-order valence-corrected chi connectivity index (χ0v) is 12.9. The van der Waals surface area contributed by atoms with Crippen molar-refractivity contribution in [1.29, 1.82) is 0 Å². The number of carbonyl (C=O) groups is 3. The molecule has 0 radical (unpaired) electrons. The Morgan fingerprint density at radius 2 is 1.50 bits per heavy atom. The van der Waals surface area contributed by atoms with Crippen molar-refractivity contribution in [2.24, 2.45) is 0 Å². The number of amides is 2. The molecule has 0 unspecified atom stereocenters. The zero-order chi connectivity index (χ0) is 15.9. The largest absolute Gasteiger partial charge is 0.446 e. The van der Waals surface area contributed by atoms with Crippen LogP contribution in [0.15, 0.2) is 0 Å². The van der Waals surface area contributed by atoms with E-state index in [0.29, 0.717) is 0 Å². The topological polar surface area (TPSA) is 84.9 Å². The molecule has 0 saturated carbocycles. The van der Waals surface area contributed by atoms with Gasteiger partial charge in [-0.25, -0.2) is 20.0 Å². The molecule has 0 aliphatic carbocycles. The maximum Gasteiger partial charge on any atom is 0.429 e. The lowest BCUT2D eigenvalue weighted by molar-refractivity contribution is -0.124. The average Bonchev–Trinajstić information content (AvgIpc) is 2.32. The third kappa shape index (κ3) is 6.40. The lowest BCUT2D eigenvalue weighted by Crippen LogP contribution is -2.54. The number of hydrazine groups is 1. The third-order valence-electron chi connectivity index (χ3n) is 2.29. The molecule has 7 nitrogen and oxygen atoms in total. The molecule has 116 valence electrons. The van der Waals surface area contributed by atoms with Gasteiger partial charge in [0, 0.05) is 6.42 Å². The van der Waals surface area contributed by atoms with Crippen LogP contribution in [0.2, 0.25) is 0 Å². The fourth-order valence-electron chi connectivity index (χ4n) is 1.34. The van der Waals surface area contributed by atoms with Crippen molar-refractivity contribution in [3.63, 3.8) is 0 Å². The first kappa shape index (κ1) is 18.2. The summed E-state index contributed by atoms with van der Waals surface area (Å²) in [5.74, 6) is -0.199. The second kappa shape index (κ2) is 8.39. The molecule has 0 saturated heterocycles. The Morgan fingerprint density at radius 1 is 1.00 bits per heavy atom. The van der Waals surface area contributed by atoms with Gasteiger partial charge in [0.1, 0.15) is 6.04 Å². The van der Waals surface area contributed by atoms with Crippen LogP contribution < -0.4 is 5.43 Å². The van der Waals surface area contributed by atoms with Crippen molar-refractivity contribution < 1.29 is 23.9 Å². The number of hydrogen-bond acceptors (Lipinski definition) is 5. The average molecular weight is 288 g/mol. The van der Waals surface area contributed by atoms with Crippen LogP contribution in [-0.4, -0.2) is 41.2 Å². The van der Waals surface area contributed by atoms with Gasteiger partial charge < -0.3 is 9.47 Å². The summed E-state index contributed by atoms with van der Waals surface area (Å²) in [5, 5.41) is 0.858. The Bertz CT molecular complexity index is 355. The van der Waals surface area contributed by atoms with Crippen LogP contribution >= 0.6 is 0 Å². The molecule has 0 bridgehead atoms. The molecule has 0 aliphatic rings. The highest BCUT2D eigenvalue weighted by molar-refractivity contribution is 5.87. The summed E-state index contributed by atoms with van der Waals surface area (Å²) >= 11 is 0. The molecular formula is C13H24N2O5. The molecule has 0 spiro atoms. The van der Waals surface area contributed by atoms with E-state index in [4.69, 9.17) is 9.47 Å². The lowest BCUT2D eigenvalue weighted by Gasteiger charge is -2.28. The van der Waals surface area contributed by atoms with E-state index in [1.807, 2.05) is 0 Å². The number of ketones is 1. The molecule has 0 aromatic rings. The zero-order valence-electron chi connectivity index (χ0n) is 12.9. The van der Waals surface area contributed by atoms with E-state index in [-0.39, 0.29) is 24.4 Å². The smallest absolute Gasteiger partial charge is 0.429 e. The van der Waals surface area contributed by atoms with E-state index >= 15 is 0 Å². The maximum absolute atomic E-state index is 11.9. The molecular weight excluding hydrogens is 264 g/mol. The molecule has 2 amide bonds. The van der Waals surface area contributed by atoms with Crippen molar-refractivity contribution in [2.45, 2.75) is 66.2 Å². The van der Waals surface area contributed by atoms with Crippen LogP contribution in [0.1, 0.15) is 48.0 Å². The van der Waals surface area contributed by atoms with Gasteiger partial charge in [-0.05, 0) is 34.6 Å². The van der Waals surface area contributed by atoms with E-state index in [9.17, 15) is 14.4 Å². The van der Waals surface area contributed by atoms with E-state index in [0.717, 1.165) is 5.01 Å². The lowest BCUT2D eigenvalue weighted by atomic mass is 10.2. The second-order valence-corrected chi connectivity index (χ2v) is 4.86. The Morgan fingerprint density at radius 3 is 1.90 bits per heavy atom. The highest BCUT2D eigenvalue weighted by atomic mass is 16.6. The molecule has 0 rings (SSSR count). The van der Waals surface area contributed by atoms with Gasteiger partial charge >= 0.3 is 12.2 Å². The Hall–Kier alpha value is -1.79. The fourth-order valence-corrected chi connectivity index (χ4v) is 1.34. The number of hydrogen-bond donors (Lipinski definition) is 1. The molecule has 20 heavy (non-hydrogen) atoms. The number of ether oxygens (including phenoxy) is 2. The fraction of sp³-hybridized carbons (Fsp3) is 0.769. The number of Topliss-reactive ketones (excluding diaryl/α,β-unsaturated/α-hetero) is 1. The first-order valence-electron chi connectivity index (χ1n) is 6.68. The standard InChI is InChI=1S/C13H24N2O5/c1-7-11(16)10(6)15(13(18)20-9(4)5)14-12(17)19-8(2)3/h8-10H,7H2,1-6H3,(H,14,17)/t10-/m1/s1. The SMILES string of the molecule is CCC(=O)[C@@H](C)N(NC(=O)OC(C)C)C(=O)OC(C)C. The number of nitrogens with one attached hydrogen (secondary N) is 1. The van der Waals surface area contributed by atoms with E-state index in [2.05, 4.69) is 5.43 Å². The van der Waals surface area contributed by atoms with Crippen LogP contribution in [0.5, 0.6) is 0 Å². The molecule has 1 N–H and O–H groups in total. The normalized spacial score (nSPS) is 12.0. The van der Waals surface area contributed by atoms with Crippen LogP contribution in [0.4, 0.5) is 9.59 Å². The van der Waals surface area contributed by atoms with Crippen LogP contribution in [0.3, 0.4) is 0 Å². The van der Waals surface area contributed by atoms with Crippen LogP contribution in [0, 0.1) is 0 Å². The molecule has 7 heteroatoms. The van der Waals surface area contributed by atoms with Gasteiger partial charge in [0.15, 0.2) is 5.78 Å². The summed E-state index contributed by atoms with van der Waals surface area (Å²) in [6.07, 6.45) is -2.06. The van der Waals surface area contributed by atoms with Gasteiger partial charge in [-0.2, -0.15) is 0 Å². The molecule has 0 heterocycles. The second-order valence-electron chi connectivity index (χ2n) is 4.86. The summed E-state index contributed by atoms with van der Waals surface area (Å²) in [6, 6.07) is -0.828. The highest BCUT2D eigenvalue weighted by Gasteiger charge is 2.29. The molecule has 0 aromatic heterocycles. The Kier molecular flexibility index (Phi) is 7.64. The van der Waals surface area contributed by atoms with Crippen molar-refractivity contribution >= 4 is 18.0 Å². The van der Waals surface area contributed by atoms with Gasteiger partial charge in [0.2, 0.25) is 0 Å². The highest BCUT2D eigenvalue weighted by Crippen LogP contribution is 2.05. The van der Waals surface area contributed by atoms with E-state index in [1.165, 1.54) is 6.92 Å². The monoisotopic (exact) mass is 288 g/mol. The van der Waals surface area contributed by atoms with Crippen molar-refractivity contribution in [3.05, 3.63) is 0 Å². The van der Waals surface area contributed by atoms with Crippen LogP contribution in [0.25, 0.3) is 0 Å². The predicted octanol–water partition coefficient (Wildman–Crippen LogP) is 2.25. The number of carbonyl (C=O) groups excluding carboxylic acids is 3. The quantitative estimate of drug-likeness (QED) is 0.784. The summed E-state index contributed by atoms with van der Waals surface area (Å²) in [6.45, 7) is 9.90. The minimum Gasteiger partial charge on any atom is -0.446 e. The van der Waals surface area contributed by atoms with E-state index in [1.54, 1.807) is 34.6 Å². The third-order valence-corrected chi connectivity index (χ3v) is 2.29. The predicted molar refractivity (Wildman–Crippen MR) is 73.0 cm³/mol. The molecule has 1 atom stereocenters. The molecule has 0 aliphatic heterocycles. The number of rotatable bonds is 5. The van der Waals surface area contributed by atoms with Crippen LogP contribution in [-0.2, 0) is 14.3 Å². The molecule has 0 fully saturated rings. The minimum atomic E-state index is -0.828. The summed E-state index contributed by atoms with van der Waals surface area (Å²) in [4.78, 5) is 35.2. The van der Waals surface area contributed by atoms with Gasteiger partial charge in [0.05, 0.1) is 12.2 Å². The van der Waals surface area contributed by atoms with Crippen molar-refractivity contribution in [3.8, 4) is 0 Å². The van der Waals surface area contributed by atoms with Gasteiger partial charge in [-0.15, -0.1) is 0 Å². The Balaban J connectivity index is 4.91. The first-order valence-corrected chi connectivity index (χ1v) is 6.68. The summed E-state index contributed by atoms with van der Waals surface area (Å²) in [7, 11) is 0. The summed E-state index contributed by atoms with van der Waals surface area (Å²) in [5.41, 5.74) is 2.25. The summed E-state index contributed by atoms with van der Waals surface area (Å²) < 4.78 is 9.89. The van der Waals surface area contributed by atoms with Gasteiger partial charge in [-0.1, -0.05) is 6.92 Å². The van der Waals surface area contributed by atoms with Gasteiger partial charge in [0.25, 0.3) is 0 Å². The van der Waals surface area contributed by atoms with Crippen molar-refractivity contribution in [1.82, 2.24) is 10.4 Å². The minimum absolute atomic E-state index is 0.199. The van der Waals surface area contributed by atoms with E-state index < -0.39 is 18.2 Å². The number of nitrogens with zero attached hydrogens (tertiary/aromatic N) is 1. The maximum atomic E-state index is 11.9.